The molecule has 0 fully saturated rings. The van der Waals surface area contributed by atoms with Gasteiger partial charge in [-0.05, 0) is 11.8 Å². The van der Waals surface area contributed by atoms with Gasteiger partial charge in [0.1, 0.15) is 0 Å². The van der Waals surface area contributed by atoms with Crippen molar-refractivity contribution in [3.8, 4) is 0 Å². The van der Waals surface area contributed by atoms with Crippen LogP contribution in [0.4, 0.5) is 0 Å². The third kappa shape index (κ3) is 1.36. The SMILES string of the molecule is CCOC(=O)c1c(C)no[n+]1[O-]. The second kappa shape index (κ2) is 3.21. The van der Waals surface area contributed by atoms with Gasteiger partial charge < -0.3 is 9.94 Å². The number of ether oxygens (including phenoxy) is 1. The van der Waals surface area contributed by atoms with Gasteiger partial charge in [0.15, 0.2) is 0 Å². The van der Waals surface area contributed by atoms with E-state index in [2.05, 4.69) is 14.5 Å². The van der Waals surface area contributed by atoms with Crippen molar-refractivity contribution in [2.75, 3.05) is 6.61 Å². The topological polar surface area (TPSA) is 79.3 Å². The summed E-state index contributed by atoms with van der Waals surface area (Å²) in [6, 6.07) is 0. The lowest BCUT2D eigenvalue weighted by atomic mass is 10.3. The zero-order valence-electron chi connectivity index (χ0n) is 6.73. The molecular formula is C6H8N2O4. The van der Waals surface area contributed by atoms with Gasteiger partial charge in [0.2, 0.25) is 5.69 Å². The average molecular weight is 172 g/mol. The molecule has 1 heterocycles. The van der Waals surface area contributed by atoms with E-state index in [0.29, 0.717) is 0 Å². The zero-order chi connectivity index (χ0) is 9.14. The van der Waals surface area contributed by atoms with Crippen molar-refractivity contribution >= 4 is 5.97 Å². The monoisotopic (exact) mass is 172 g/mol. The summed E-state index contributed by atoms with van der Waals surface area (Å²) >= 11 is 0. The molecular weight excluding hydrogens is 164 g/mol. The van der Waals surface area contributed by atoms with Gasteiger partial charge in [-0.15, -0.1) is 0 Å². The molecule has 0 aliphatic rings. The van der Waals surface area contributed by atoms with Crippen LogP contribution in [0.5, 0.6) is 0 Å². The highest BCUT2D eigenvalue weighted by molar-refractivity contribution is 5.86. The first-order valence-electron chi connectivity index (χ1n) is 3.40. The van der Waals surface area contributed by atoms with Crippen LogP contribution >= 0.6 is 0 Å². The Morgan fingerprint density at radius 2 is 2.50 bits per heavy atom. The van der Waals surface area contributed by atoms with E-state index in [-0.39, 0.29) is 22.9 Å². The standard InChI is InChI=1S/C6H8N2O4/c1-3-11-6(9)5-4(2)7-12-8(5)10/h3H2,1-2H3. The fraction of sp³-hybridized carbons (Fsp3) is 0.500. The Morgan fingerprint density at radius 3 is 2.92 bits per heavy atom. The Morgan fingerprint density at radius 1 is 1.83 bits per heavy atom. The third-order valence-electron chi connectivity index (χ3n) is 1.25. The normalized spacial score (nSPS) is 9.83. The number of hydrogen-bond acceptors (Lipinski definition) is 5. The lowest BCUT2D eigenvalue weighted by Crippen LogP contribution is -2.32. The molecule has 0 N–H and O–H groups in total. The molecule has 0 aliphatic carbocycles. The Kier molecular flexibility index (Phi) is 2.27. The highest BCUT2D eigenvalue weighted by atomic mass is 16.8. The van der Waals surface area contributed by atoms with Crippen molar-refractivity contribution in [2.45, 2.75) is 13.8 Å². The highest BCUT2D eigenvalue weighted by Gasteiger charge is 2.24. The summed E-state index contributed by atoms with van der Waals surface area (Å²) in [7, 11) is 0. The quantitative estimate of drug-likeness (QED) is 0.455. The molecule has 0 saturated carbocycles. The van der Waals surface area contributed by atoms with E-state index in [0.717, 1.165) is 0 Å². The molecule has 0 unspecified atom stereocenters. The predicted octanol–water partition coefficient (Wildman–Crippen LogP) is -0.207. The van der Waals surface area contributed by atoms with E-state index in [1.54, 1.807) is 6.92 Å². The Bertz CT molecular complexity index is 274. The van der Waals surface area contributed by atoms with Crippen molar-refractivity contribution in [1.82, 2.24) is 5.16 Å². The van der Waals surface area contributed by atoms with Crippen LogP contribution in [-0.4, -0.2) is 17.7 Å². The lowest BCUT2D eigenvalue weighted by molar-refractivity contribution is -0.804. The molecule has 0 bridgehead atoms. The van der Waals surface area contributed by atoms with Gasteiger partial charge in [-0.25, -0.2) is 4.79 Å². The molecule has 66 valence electrons. The molecule has 6 heteroatoms. The average Bonchev–Trinajstić information content (AvgIpc) is 2.32. The van der Waals surface area contributed by atoms with Gasteiger partial charge in [-0.2, -0.15) is 0 Å². The number of rotatable bonds is 2. The maximum Gasteiger partial charge on any atom is 0.387 e. The second-order valence-corrected chi connectivity index (χ2v) is 2.08. The smallest absolute Gasteiger partial charge is 0.387 e. The van der Waals surface area contributed by atoms with Gasteiger partial charge in [0.25, 0.3) is 0 Å². The number of carbonyl (C=O) groups excluding carboxylic acids is 1. The first kappa shape index (κ1) is 8.51. The maximum atomic E-state index is 11.0. The van der Waals surface area contributed by atoms with Crippen molar-refractivity contribution in [1.29, 1.82) is 0 Å². The largest absolute Gasteiger partial charge is 0.460 e. The molecule has 1 rings (SSSR count). The van der Waals surface area contributed by atoms with Gasteiger partial charge in [0, 0.05) is 12.1 Å². The predicted molar refractivity (Wildman–Crippen MR) is 36.2 cm³/mol. The minimum absolute atomic E-state index is 0.0350. The van der Waals surface area contributed by atoms with Crippen molar-refractivity contribution in [3.05, 3.63) is 16.6 Å². The van der Waals surface area contributed by atoms with E-state index < -0.39 is 5.97 Å². The van der Waals surface area contributed by atoms with Gasteiger partial charge in [0.05, 0.1) is 6.61 Å². The number of aryl methyl sites for hydroxylation is 1. The number of esters is 1. The first-order valence-corrected chi connectivity index (χ1v) is 3.40. The molecule has 0 aliphatic heterocycles. The number of aromatic nitrogens is 2. The lowest BCUT2D eigenvalue weighted by Gasteiger charge is -1.96. The highest BCUT2D eigenvalue weighted by Crippen LogP contribution is 2.00. The third-order valence-corrected chi connectivity index (χ3v) is 1.25. The van der Waals surface area contributed by atoms with Crippen LogP contribution in [0.15, 0.2) is 4.63 Å². The van der Waals surface area contributed by atoms with Crippen molar-refractivity contribution in [3.63, 3.8) is 0 Å². The summed E-state index contributed by atoms with van der Waals surface area (Å²) in [5.41, 5.74) is 0.0281. The zero-order valence-corrected chi connectivity index (χ0v) is 6.73. The summed E-state index contributed by atoms with van der Waals surface area (Å²) in [5, 5.41) is 14.0. The number of nitrogens with zero attached hydrogens (tertiary/aromatic N) is 2. The molecule has 12 heavy (non-hydrogen) atoms. The fourth-order valence-electron chi connectivity index (χ4n) is 0.736. The molecule has 0 amide bonds. The minimum atomic E-state index is -0.716. The molecule has 0 radical (unpaired) electrons. The van der Waals surface area contributed by atoms with E-state index in [1.807, 2.05) is 0 Å². The van der Waals surface area contributed by atoms with Crippen LogP contribution in [0.2, 0.25) is 0 Å². The summed E-state index contributed by atoms with van der Waals surface area (Å²) in [5.74, 6) is -0.716. The van der Waals surface area contributed by atoms with Crippen LogP contribution in [-0.2, 0) is 4.74 Å². The fourth-order valence-corrected chi connectivity index (χ4v) is 0.736. The Balaban J connectivity index is 2.93. The summed E-state index contributed by atoms with van der Waals surface area (Å²) in [6.45, 7) is 3.35. The summed E-state index contributed by atoms with van der Waals surface area (Å²) < 4.78 is 8.76. The second-order valence-electron chi connectivity index (χ2n) is 2.08. The van der Waals surface area contributed by atoms with Crippen molar-refractivity contribution < 1.29 is 19.1 Å². The summed E-state index contributed by atoms with van der Waals surface area (Å²) in [6.07, 6.45) is 0. The van der Waals surface area contributed by atoms with E-state index in [9.17, 15) is 10.0 Å². The molecule has 0 saturated heterocycles. The first-order chi connectivity index (χ1) is 5.66. The molecule has 0 aromatic carbocycles. The van der Waals surface area contributed by atoms with Crippen LogP contribution < -0.4 is 4.90 Å². The molecule has 1 aromatic heterocycles. The van der Waals surface area contributed by atoms with Crippen LogP contribution in [0.25, 0.3) is 0 Å². The van der Waals surface area contributed by atoms with Crippen LogP contribution in [0, 0.1) is 12.1 Å². The molecule has 0 spiro atoms. The molecule has 1 aromatic rings. The minimum Gasteiger partial charge on any atom is -0.460 e. The van der Waals surface area contributed by atoms with Crippen LogP contribution in [0.1, 0.15) is 23.1 Å². The van der Waals surface area contributed by atoms with Gasteiger partial charge in [-0.3, -0.25) is 4.63 Å². The number of carbonyl (C=O) groups is 1. The van der Waals surface area contributed by atoms with E-state index in [4.69, 9.17) is 0 Å². The van der Waals surface area contributed by atoms with Crippen LogP contribution in [0.3, 0.4) is 0 Å². The van der Waals surface area contributed by atoms with Gasteiger partial charge in [-0.1, -0.05) is 0 Å². The Hall–Kier alpha value is -1.59. The number of hydrogen-bond donors (Lipinski definition) is 0. The molecule has 6 nitrogen and oxygen atoms in total. The van der Waals surface area contributed by atoms with Gasteiger partial charge >= 0.3 is 11.7 Å². The molecule has 0 atom stereocenters. The van der Waals surface area contributed by atoms with Crippen molar-refractivity contribution in [2.24, 2.45) is 0 Å². The summed E-state index contributed by atoms with van der Waals surface area (Å²) in [4.78, 5) is 11.0. The maximum absolute atomic E-state index is 11.0. The Labute approximate surface area is 68.3 Å². The van der Waals surface area contributed by atoms with E-state index >= 15 is 0 Å². The van der Waals surface area contributed by atoms with E-state index in [1.165, 1.54) is 6.92 Å².